The smallest absolute Gasteiger partial charge is 0.137 e. The van der Waals surface area contributed by atoms with Gasteiger partial charge in [0.2, 0.25) is 0 Å². The van der Waals surface area contributed by atoms with Crippen molar-refractivity contribution in [2.45, 2.75) is 19.3 Å². The Bertz CT molecular complexity index is 3460. The van der Waals surface area contributed by atoms with Crippen LogP contribution >= 0.6 is 0 Å². The molecule has 284 valence electrons. The minimum absolute atomic E-state index is 0.149. The molecular formula is C57H40N2O. The number of fused-ring (bicyclic) bond motifs is 9. The third kappa shape index (κ3) is 5.15. The molecule has 0 unspecified atom stereocenters. The Morgan fingerprint density at radius 3 is 1.92 bits per heavy atom. The average molecular weight is 769 g/mol. The van der Waals surface area contributed by atoms with E-state index in [-0.39, 0.29) is 5.41 Å². The molecule has 0 atom stereocenters. The Morgan fingerprint density at radius 1 is 0.417 bits per heavy atom. The fraction of sp³-hybridized carbons (Fsp3) is 0.0526. The predicted octanol–water partition coefficient (Wildman–Crippen LogP) is 15.8. The average Bonchev–Trinajstić information content (AvgIpc) is 3.92. The van der Waals surface area contributed by atoms with Crippen molar-refractivity contribution in [2.75, 3.05) is 4.90 Å². The van der Waals surface area contributed by atoms with Crippen molar-refractivity contribution in [1.82, 2.24) is 4.57 Å². The molecule has 3 heteroatoms. The van der Waals surface area contributed by atoms with E-state index in [0.29, 0.717) is 0 Å². The molecule has 2 aromatic heterocycles. The van der Waals surface area contributed by atoms with Crippen LogP contribution in [-0.2, 0) is 5.41 Å². The van der Waals surface area contributed by atoms with Crippen LogP contribution < -0.4 is 4.90 Å². The van der Waals surface area contributed by atoms with Gasteiger partial charge in [0.15, 0.2) is 0 Å². The minimum atomic E-state index is -0.149. The van der Waals surface area contributed by atoms with Gasteiger partial charge in [0.25, 0.3) is 0 Å². The van der Waals surface area contributed by atoms with Crippen molar-refractivity contribution < 1.29 is 4.42 Å². The van der Waals surface area contributed by atoms with Gasteiger partial charge in [0.05, 0.1) is 27.8 Å². The van der Waals surface area contributed by atoms with Crippen molar-refractivity contribution in [3.63, 3.8) is 0 Å². The number of hydrogen-bond acceptors (Lipinski definition) is 2. The number of nitrogens with zero attached hydrogens (tertiary/aromatic N) is 2. The first-order chi connectivity index (χ1) is 29.5. The molecule has 11 aromatic rings. The zero-order valence-corrected chi connectivity index (χ0v) is 33.4. The van der Waals surface area contributed by atoms with E-state index >= 15 is 0 Å². The van der Waals surface area contributed by atoms with E-state index in [0.717, 1.165) is 55.8 Å². The number of para-hydroxylation sites is 3. The molecular weight excluding hydrogens is 729 g/mol. The summed E-state index contributed by atoms with van der Waals surface area (Å²) in [6, 6.07) is 74.8. The second-order valence-electron chi connectivity index (χ2n) is 16.5. The molecule has 1 aliphatic rings. The molecule has 1 aliphatic carbocycles. The van der Waals surface area contributed by atoms with Crippen molar-refractivity contribution in [2.24, 2.45) is 0 Å². The van der Waals surface area contributed by atoms with Gasteiger partial charge in [0.1, 0.15) is 11.2 Å². The van der Waals surface area contributed by atoms with Crippen molar-refractivity contribution >= 4 is 60.8 Å². The number of benzene rings is 9. The number of hydrogen-bond donors (Lipinski definition) is 0. The molecule has 2 heterocycles. The lowest BCUT2D eigenvalue weighted by atomic mass is 9.82. The van der Waals surface area contributed by atoms with Crippen LogP contribution in [-0.4, -0.2) is 4.57 Å². The van der Waals surface area contributed by atoms with E-state index in [1.54, 1.807) is 0 Å². The Balaban J connectivity index is 1.08. The van der Waals surface area contributed by atoms with Crippen LogP contribution in [0.15, 0.2) is 211 Å². The van der Waals surface area contributed by atoms with Gasteiger partial charge >= 0.3 is 0 Å². The predicted molar refractivity (Wildman–Crippen MR) is 251 cm³/mol. The normalized spacial score (nSPS) is 13.0. The SMILES string of the molecule is CC1(C)c2ccccc2-c2ccc(N(c3ccccc3-c3ccccc3)c3cccc4oc5ccc(-c6ccc7c(c6)c6ccccc6n7-c6ccccc6)cc5c34)cc21. The maximum absolute atomic E-state index is 6.72. The summed E-state index contributed by atoms with van der Waals surface area (Å²) in [7, 11) is 0. The summed E-state index contributed by atoms with van der Waals surface area (Å²) in [6.45, 7) is 4.71. The van der Waals surface area contributed by atoms with Gasteiger partial charge in [-0.05, 0) is 112 Å². The van der Waals surface area contributed by atoms with E-state index in [4.69, 9.17) is 4.42 Å². The molecule has 0 radical (unpaired) electrons. The zero-order valence-electron chi connectivity index (χ0n) is 33.4. The van der Waals surface area contributed by atoms with Crippen molar-refractivity contribution in [3.8, 4) is 39.1 Å². The lowest BCUT2D eigenvalue weighted by Crippen LogP contribution is -2.17. The van der Waals surface area contributed by atoms with Crippen LogP contribution in [0.25, 0.3) is 82.8 Å². The molecule has 3 nitrogen and oxygen atoms in total. The van der Waals surface area contributed by atoms with Crippen LogP contribution in [0.1, 0.15) is 25.0 Å². The quantitative estimate of drug-likeness (QED) is 0.168. The fourth-order valence-corrected chi connectivity index (χ4v) is 9.95. The summed E-state index contributed by atoms with van der Waals surface area (Å²) in [5, 5.41) is 4.64. The van der Waals surface area contributed by atoms with Crippen LogP contribution in [0.3, 0.4) is 0 Å². The lowest BCUT2D eigenvalue weighted by molar-refractivity contribution is 0.660. The van der Waals surface area contributed by atoms with Gasteiger partial charge < -0.3 is 13.9 Å². The van der Waals surface area contributed by atoms with E-state index in [1.807, 2.05) is 0 Å². The molecule has 0 bridgehead atoms. The van der Waals surface area contributed by atoms with Crippen molar-refractivity contribution in [3.05, 3.63) is 217 Å². The van der Waals surface area contributed by atoms with E-state index < -0.39 is 0 Å². The third-order valence-electron chi connectivity index (χ3n) is 12.8. The largest absolute Gasteiger partial charge is 0.456 e. The van der Waals surface area contributed by atoms with Gasteiger partial charge in [-0.3, -0.25) is 0 Å². The van der Waals surface area contributed by atoms with Gasteiger partial charge in [0, 0.05) is 38.5 Å². The first kappa shape index (κ1) is 34.4. The number of furan rings is 1. The van der Waals surface area contributed by atoms with Gasteiger partial charge in [-0.2, -0.15) is 0 Å². The molecule has 60 heavy (non-hydrogen) atoms. The summed E-state index contributed by atoms with van der Waals surface area (Å²) in [6.07, 6.45) is 0. The summed E-state index contributed by atoms with van der Waals surface area (Å²) in [5.41, 5.74) is 18.4. The Morgan fingerprint density at radius 2 is 1.07 bits per heavy atom. The second-order valence-corrected chi connectivity index (χ2v) is 16.5. The summed E-state index contributed by atoms with van der Waals surface area (Å²) in [4.78, 5) is 2.45. The molecule has 0 amide bonds. The Labute approximate surface area is 349 Å². The van der Waals surface area contributed by atoms with Crippen LogP contribution in [0, 0.1) is 0 Å². The molecule has 0 N–H and O–H groups in total. The first-order valence-electron chi connectivity index (χ1n) is 20.8. The third-order valence-corrected chi connectivity index (χ3v) is 12.8. The van der Waals surface area contributed by atoms with Gasteiger partial charge in [-0.25, -0.2) is 0 Å². The van der Waals surface area contributed by atoms with E-state index in [9.17, 15) is 0 Å². The maximum atomic E-state index is 6.72. The number of anilines is 3. The molecule has 12 rings (SSSR count). The van der Waals surface area contributed by atoms with Crippen LogP contribution in [0.4, 0.5) is 17.1 Å². The summed E-state index contributed by atoms with van der Waals surface area (Å²) in [5.74, 6) is 0. The highest BCUT2D eigenvalue weighted by molar-refractivity contribution is 6.15. The minimum Gasteiger partial charge on any atom is -0.456 e. The van der Waals surface area contributed by atoms with Crippen molar-refractivity contribution in [1.29, 1.82) is 0 Å². The first-order valence-corrected chi connectivity index (χ1v) is 20.8. The van der Waals surface area contributed by atoms with Gasteiger partial charge in [-0.1, -0.05) is 147 Å². The highest BCUT2D eigenvalue weighted by Gasteiger charge is 2.36. The highest BCUT2D eigenvalue weighted by Crippen LogP contribution is 2.52. The maximum Gasteiger partial charge on any atom is 0.137 e. The van der Waals surface area contributed by atoms with Crippen LogP contribution in [0.5, 0.6) is 0 Å². The Kier molecular flexibility index (Phi) is 7.58. The number of aromatic nitrogens is 1. The molecule has 0 spiro atoms. The standard InChI is InChI=1S/C57H40N2O/c1-57(2)48-23-12-9-21-43(48)44-31-30-41(36-49(44)57)59(50-24-13-10-20-42(50)37-16-5-3-6-17-37)53-26-15-27-55-56(53)47-35-39(29-33-54(47)60-55)38-28-32-52-46(34-38)45-22-11-14-25-51(45)58(52)40-18-7-4-8-19-40/h3-36H,1-2H3. The zero-order chi connectivity index (χ0) is 40.0. The Hall–Kier alpha value is -7.62. The molecule has 0 saturated carbocycles. The molecule has 0 fully saturated rings. The second kappa shape index (κ2) is 13.2. The molecule has 0 aliphatic heterocycles. The topological polar surface area (TPSA) is 21.3 Å². The number of rotatable bonds is 6. The lowest BCUT2D eigenvalue weighted by Gasteiger charge is -2.30. The van der Waals surface area contributed by atoms with E-state index in [2.05, 4.69) is 230 Å². The fourth-order valence-electron chi connectivity index (χ4n) is 9.95. The summed E-state index contributed by atoms with van der Waals surface area (Å²) < 4.78 is 9.09. The molecule has 9 aromatic carbocycles. The van der Waals surface area contributed by atoms with Crippen LogP contribution in [0.2, 0.25) is 0 Å². The monoisotopic (exact) mass is 768 g/mol. The van der Waals surface area contributed by atoms with E-state index in [1.165, 1.54) is 55.2 Å². The van der Waals surface area contributed by atoms with Gasteiger partial charge in [-0.15, -0.1) is 0 Å². The summed E-state index contributed by atoms with van der Waals surface area (Å²) >= 11 is 0. The molecule has 0 saturated heterocycles. The highest BCUT2D eigenvalue weighted by atomic mass is 16.3.